The minimum atomic E-state index is 0.480. The van der Waals surface area contributed by atoms with E-state index in [0.717, 1.165) is 35.3 Å². The van der Waals surface area contributed by atoms with Crippen molar-refractivity contribution in [3.05, 3.63) is 58.4 Å². The molecule has 0 atom stereocenters. The van der Waals surface area contributed by atoms with Gasteiger partial charge in [-0.3, -0.25) is 0 Å². The van der Waals surface area contributed by atoms with Crippen molar-refractivity contribution in [3.63, 3.8) is 0 Å². The van der Waals surface area contributed by atoms with Gasteiger partial charge in [0.05, 0.1) is 0 Å². The van der Waals surface area contributed by atoms with E-state index in [9.17, 15) is 0 Å². The number of nitrogens with one attached hydrogen (secondary N) is 2. The van der Waals surface area contributed by atoms with E-state index in [-0.39, 0.29) is 0 Å². The number of halogens is 1. The van der Waals surface area contributed by atoms with Gasteiger partial charge in [0.25, 0.3) is 0 Å². The van der Waals surface area contributed by atoms with Crippen LogP contribution in [0.5, 0.6) is 0 Å². The first kappa shape index (κ1) is 16.3. The number of rotatable bonds is 6. The lowest BCUT2D eigenvalue weighted by Crippen LogP contribution is -2.08. The number of nitrogens with zero attached hydrogens (tertiary/aromatic N) is 3. The maximum Gasteiger partial charge on any atom is 0.230 e. The maximum absolute atomic E-state index is 6.00. The predicted molar refractivity (Wildman–Crippen MR) is 94.9 cm³/mol. The van der Waals surface area contributed by atoms with Gasteiger partial charge >= 0.3 is 0 Å². The zero-order valence-corrected chi connectivity index (χ0v) is 14.3. The molecule has 6 nitrogen and oxygen atoms in total. The Hall–Kier alpha value is -2.60. The molecule has 0 aliphatic carbocycles. The standard InChI is InChI=1S/C17H18ClN5O/c1-11-8-15(19-7-6-13-4-3-5-14(18)10-13)21-17(20-11)22-16-9-12(2)24-23-16/h3-5,8-10H,6-7H2,1-2H3,(H2,19,20,21,22,23). The number of benzene rings is 1. The van der Waals surface area contributed by atoms with Crippen LogP contribution in [0.25, 0.3) is 0 Å². The second-order valence-corrected chi connectivity index (χ2v) is 5.91. The minimum absolute atomic E-state index is 0.480. The summed E-state index contributed by atoms with van der Waals surface area (Å²) in [6.45, 7) is 4.50. The molecule has 24 heavy (non-hydrogen) atoms. The van der Waals surface area contributed by atoms with Gasteiger partial charge in [0.2, 0.25) is 5.95 Å². The second-order valence-electron chi connectivity index (χ2n) is 5.47. The molecule has 0 aliphatic heterocycles. The van der Waals surface area contributed by atoms with Gasteiger partial charge in [0, 0.05) is 29.4 Å². The number of hydrogen-bond donors (Lipinski definition) is 2. The molecule has 0 saturated carbocycles. The van der Waals surface area contributed by atoms with E-state index in [1.165, 1.54) is 5.56 Å². The fourth-order valence-corrected chi connectivity index (χ4v) is 2.50. The summed E-state index contributed by atoms with van der Waals surface area (Å²) in [7, 11) is 0. The van der Waals surface area contributed by atoms with Gasteiger partial charge in [-0.1, -0.05) is 28.9 Å². The second kappa shape index (κ2) is 7.31. The molecule has 0 fully saturated rings. The lowest BCUT2D eigenvalue weighted by Gasteiger charge is -2.09. The molecule has 0 amide bonds. The van der Waals surface area contributed by atoms with Crippen molar-refractivity contribution in [3.8, 4) is 0 Å². The highest BCUT2D eigenvalue weighted by atomic mass is 35.5. The van der Waals surface area contributed by atoms with Crippen molar-refractivity contribution in [1.29, 1.82) is 0 Å². The first-order chi connectivity index (χ1) is 11.6. The highest BCUT2D eigenvalue weighted by molar-refractivity contribution is 6.30. The normalized spacial score (nSPS) is 10.6. The Balaban J connectivity index is 1.63. The highest BCUT2D eigenvalue weighted by Crippen LogP contribution is 2.16. The summed E-state index contributed by atoms with van der Waals surface area (Å²) in [5.74, 6) is 2.55. The van der Waals surface area contributed by atoms with Crippen LogP contribution in [0.2, 0.25) is 5.02 Å². The van der Waals surface area contributed by atoms with Crippen molar-refractivity contribution in [2.24, 2.45) is 0 Å². The molecule has 0 saturated heterocycles. The summed E-state index contributed by atoms with van der Waals surface area (Å²) in [6.07, 6.45) is 0.856. The van der Waals surface area contributed by atoms with E-state index in [1.54, 1.807) is 6.07 Å². The van der Waals surface area contributed by atoms with Gasteiger partial charge in [-0.05, 0) is 38.0 Å². The van der Waals surface area contributed by atoms with Crippen LogP contribution in [0, 0.1) is 13.8 Å². The van der Waals surface area contributed by atoms with Gasteiger partial charge in [0.15, 0.2) is 5.82 Å². The molecule has 0 bridgehead atoms. The summed E-state index contributed by atoms with van der Waals surface area (Å²) in [5, 5.41) is 11.0. The molecule has 2 heterocycles. The molecule has 0 radical (unpaired) electrons. The Bertz CT molecular complexity index is 833. The first-order valence-corrected chi connectivity index (χ1v) is 8.00. The third-order valence-corrected chi connectivity index (χ3v) is 3.57. The largest absolute Gasteiger partial charge is 0.370 e. The molecule has 2 aromatic heterocycles. The van der Waals surface area contributed by atoms with Gasteiger partial charge in [-0.15, -0.1) is 0 Å². The Kier molecular flexibility index (Phi) is 4.96. The van der Waals surface area contributed by atoms with Crippen molar-refractivity contribution in [1.82, 2.24) is 15.1 Å². The van der Waals surface area contributed by atoms with Crippen LogP contribution in [0.1, 0.15) is 17.0 Å². The van der Waals surface area contributed by atoms with Crippen molar-refractivity contribution >= 4 is 29.2 Å². The van der Waals surface area contributed by atoms with Crippen LogP contribution in [-0.2, 0) is 6.42 Å². The van der Waals surface area contributed by atoms with Crippen LogP contribution in [0.15, 0.2) is 40.9 Å². The number of anilines is 3. The molecule has 0 aliphatic rings. The molecule has 0 unspecified atom stereocenters. The number of aromatic nitrogens is 3. The number of hydrogen-bond acceptors (Lipinski definition) is 6. The summed E-state index contributed by atoms with van der Waals surface area (Å²) in [6, 6.07) is 11.5. The van der Waals surface area contributed by atoms with Crippen molar-refractivity contribution in [2.75, 3.05) is 17.2 Å². The third kappa shape index (κ3) is 4.45. The van der Waals surface area contributed by atoms with Gasteiger partial charge in [-0.2, -0.15) is 4.98 Å². The zero-order chi connectivity index (χ0) is 16.9. The van der Waals surface area contributed by atoms with Crippen LogP contribution in [0.3, 0.4) is 0 Å². The number of aryl methyl sites for hydroxylation is 2. The van der Waals surface area contributed by atoms with Crippen LogP contribution in [0.4, 0.5) is 17.6 Å². The van der Waals surface area contributed by atoms with E-state index in [1.807, 2.05) is 38.1 Å². The fraction of sp³-hybridized carbons (Fsp3) is 0.235. The fourth-order valence-electron chi connectivity index (χ4n) is 2.28. The molecule has 7 heteroatoms. The van der Waals surface area contributed by atoms with Gasteiger partial charge in [-0.25, -0.2) is 4.98 Å². The zero-order valence-electron chi connectivity index (χ0n) is 13.5. The van der Waals surface area contributed by atoms with E-state index < -0.39 is 0 Å². The van der Waals surface area contributed by atoms with Crippen molar-refractivity contribution in [2.45, 2.75) is 20.3 Å². The topological polar surface area (TPSA) is 75.9 Å². The van der Waals surface area contributed by atoms with Crippen molar-refractivity contribution < 1.29 is 4.52 Å². The molecule has 3 rings (SSSR count). The molecular weight excluding hydrogens is 326 g/mol. The summed E-state index contributed by atoms with van der Waals surface area (Å²) < 4.78 is 5.03. The smallest absolute Gasteiger partial charge is 0.230 e. The maximum atomic E-state index is 6.00. The summed E-state index contributed by atoms with van der Waals surface area (Å²) >= 11 is 6.00. The highest BCUT2D eigenvalue weighted by Gasteiger charge is 2.06. The van der Waals surface area contributed by atoms with E-state index in [2.05, 4.69) is 31.8 Å². The Morgan fingerprint density at radius 3 is 2.71 bits per heavy atom. The first-order valence-electron chi connectivity index (χ1n) is 7.63. The third-order valence-electron chi connectivity index (χ3n) is 3.33. The molecule has 3 aromatic rings. The van der Waals surface area contributed by atoms with Gasteiger partial charge < -0.3 is 15.2 Å². The summed E-state index contributed by atoms with van der Waals surface area (Å²) in [4.78, 5) is 8.80. The van der Waals surface area contributed by atoms with E-state index in [4.69, 9.17) is 16.1 Å². The monoisotopic (exact) mass is 343 g/mol. The molecule has 0 spiro atoms. The van der Waals surface area contributed by atoms with E-state index in [0.29, 0.717) is 11.8 Å². The summed E-state index contributed by atoms with van der Waals surface area (Å²) in [5.41, 5.74) is 2.04. The lowest BCUT2D eigenvalue weighted by molar-refractivity contribution is 0.400. The predicted octanol–water partition coefficient (Wildman–Crippen LogP) is 4.13. The Morgan fingerprint density at radius 1 is 1.08 bits per heavy atom. The molecule has 2 N–H and O–H groups in total. The molecule has 124 valence electrons. The Labute approximate surface area is 145 Å². The Morgan fingerprint density at radius 2 is 1.96 bits per heavy atom. The SMILES string of the molecule is Cc1cc(NCCc2cccc(Cl)c2)nc(Nc2cc(C)on2)n1. The van der Waals surface area contributed by atoms with Crippen LogP contribution < -0.4 is 10.6 Å². The van der Waals surface area contributed by atoms with Crippen LogP contribution >= 0.6 is 11.6 Å². The van der Waals surface area contributed by atoms with E-state index >= 15 is 0 Å². The van der Waals surface area contributed by atoms with Crippen LogP contribution in [-0.4, -0.2) is 21.7 Å². The molecule has 1 aromatic carbocycles. The van der Waals surface area contributed by atoms with Gasteiger partial charge in [0.1, 0.15) is 11.6 Å². The molecular formula is C17H18ClN5O. The quantitative estimate of drug-likeness (QED) is 0.700. The average Bonchev–Trinajstić information content (AvgIpc) is 2.92. The average molecular weight is 344 g/mol. The minimum Gasteiger partial charge on any atom is -0.370 e. The lowest BCUT2D eigenvalue weighted by atomic mass is 10.1.